The lowest BCUT2D eigenvalue weighted by molar-refractivity contribution is -0.145. The average molecular weight is 749 g/mol. The molecule has 2 aliphatic heterocycles. The van der Waals surface area contributed by atoms with E-state index in [0.717, 1.165) is 85.8 Å². The van der Waals surface area contributed by atoms with E-state index < -0.39 is 5.82 Å². The molecule has 2 aromatic carbocycles. The first kappa shape index (κ1) is 36.7. The number of Topliss-reactive ketones (excluding diaryl/α,β-unsaturated/α-hetero) is 2. The van der Waals surface area contributed by atoms with Gasteiger partial charge in [-0.1, -0.05) is 38.8 Å². The number of halogens is 1. The molecule has 0 saturated heterocycles. The number of nitrogens with zero attached hydrogens (tertiary/aromatic N) is 4. The highest BCUT2D eigenvalue weighted by atomic mass is 19.1. The summed E-state index contributed by atoms with van der Waals surface area (Å²) >= 11 is 0. The van der Waals surface area contributed by atoms with E-state index in [-0.39, 0.29) is 24.3 Å². The van der Waals surface area contributed by atoms with Gasteiger partial charge in [0, 0.05) is 55.5 Å². The molecule has 4 saturated carbocycles. The molecule has 0 amide bonds. The standard InChI is InChI=1S/C45H57FN6O3/c1-44-18-16-31(53)22-28(44)10-13-32-34-14-15-38(45(34,2)19-17-35(32)44)55-21-7-5-4-6-20-47-30-11-8-27(9-12-30)41-40(43-49-26-50-52(43)3)42-39-33(37(54)25-48-42)23-29(46)24-36(39)51-41/h8-9,11-12,23-24,26,28,32,34-35,38,40-41,47,51H,4-7,10,13-22,25H2,1-3H3/t28-,32-,34-,35-,38?,40+,41+,44-,45-/m0/s1. The van der Waals surface area contributed by atoms with Gasteiger partial charge in [0.15, 0.2) is 5.78 Å². The summed E-state index contributed by atoms with van der Waals surface area (Å²) in [5, 5.41) is 11.5. The van der Waals surface area contributed by atoms with Crippen LogP contribution in [0, 0.1) is 40.3 Å². The van der Waals surface area contributed by atoms with Crippen LogP contribution in [0.2, 0.25) is 0 Å². The number of benzene rings is 2. The maximum absolute atomic E-state index is 14.7. The summed E-state index contributed by atoms with van der Waals surface area (Å²) in [6.07, 6.45) is 17.0. The van der Waals surface area contributed by atoms with Gasteiger partial charge >= 0.3 is 0 Å². The molecule has 9 nitrogen and oxygen atoms in total. The van der Waals surface area contributed by atoms with Crippen molar-refractivity contribution in [3.8, 4) is 0 Å². The van der Waals surface area contributed by atoms with E-state index >= 15 is 0 Å². The first-order valence-electron chi connectivity index (χ1n) is 21.1. The quantitative estimate of drug-likeness (QED) is 0.189. The summed E-state index contributed by atoms with van der Waals surface area (Å²) in [7, 11) is 1.86. The monoisotopic (exact) mass is 748 g/mol. The Bertz CT molecular complexity index is 1980. The zero-order valence-corrected chi connectivity index (χ0v) is 32.8. The van der Waals surface area contributed by atoms with Gasteiger partial charge in [-0.25, -0.2) is 9.37 Å². The van der Waals surface area contributed by atoms with Crippen molar-refractivity contribution in [2.24, 2.45) is 46.5 Å². The van der Waals surface area contributed by atoms with Crippen LogP contribution in [0.3, 0.4) is 0 Å². The second-order valence-electron chi connectivity index (χ2n) is 18.2. The molecule has 0 spiro atoms. The lowest BCUT2D eigenvalue weighted by atomic mass is 9.45. The number of anilines is 2. The van der Waals surface area contributed by atoms with Crippen molar-refractivity contribution >= 4 is 28.7 Å². The van der Waals surface area contributed by atoms with Crippen LogP contribution in [0.1, 0.15) is 137 Å². The Labute approximate surface area is 324 Å². The third-order valence-electron chi connectivity index (χ3n) is 15.4. The van der Waals surface area contributed by atoms with E-state index in [2.05, 4.69) is 58.8 Å². The van der Waals surface area contributed by atoms with Gasteiger partial charge in [0.2, 0.25) is 0 Å². The molecule has 4 aliphatic carbocycles. The van der Waals surface area contributed by atoms with Crippen molar-refractivity contribution in [3.63, 3.8) is 0 Å². The van der Waals surface area contributed by atoms with Crippen molar-refractivity contribution in [2.75, 3.05) is 30.3 Å². The highest BCUT2D eigenvalue weighted by molar-refractivity contribution is 6.21. The Morgan fingerprint density at radius 3 is 2.60 bits per heavy atom. The molecule has 0 bridgehead atoms. The second-order valence-corrected chi connectivity index (χ2v) is 18.2. The first-order valence-corrected chi connectivity index (χ1v) is 21.1. The fourth-order valence-corrected chi connectivity index (χ4v) is 12.5. The Morgan fingerprint density at radius 2 is 1.78 bits per heavy atom. The van der Waals surface area contributed by atoms with E-state index in [4.69, 9.17) is 9.73 Å². The maximum atomic E-state index is 14.7. The van der Waals surface area contributed by atoms with Crippen molar-refractivity contribution in [2.45, 2.75) is 115 Å². The molecule has 6 aliphatic rings. The van der Waals surface area contributed by atoms with Gasteiger partial charge in [-0.2, -0.15) is 5.10 Å². The minimum Gasteiger partial charge on any atom is -0.385 e. The van der Waals surface area contributed by atoms with E-state index in [0.29, 0.717) is 45.4 Å². The van der Waals surface area contributed by atoms with Crippen LogP contribution >= 0.6 is 0 Å². The fourth-order valence-electron chi connectivity index (χ4n) is 12.5. The van der Waals surface area contributed by atoms with Crippen LogP contribution in [0.5, 0.6) is 0 Å². The minimum atomic E-state index is -0.440. The van der Waals surface area contributed by atoms with Crippen LogP contribution in [-0.2, 0) is 16.6 Å². The van der Waals surface area contributed by atoms with Gasteiger partial charge in [0.05, 0.1) is 23.8 Å². The zero-order chi connectivity index (χ0) is 37.9. The summed E-state index contributed by atoms with van der Waals surface area (Å²) in [6.45, 7) is 6.86. The molecule has 2 N–H and O–H groups in total. The number of unbranched alkanes of at least 4 members (excludes halogenated alkanes) is 3. The average Bonchev–Trinajstić information content (AvgIpc) is 3.76. The number of carbonyl (C=O) groups is 2. The topological polar surface area (TPSA) is 110 Å². The largest absolute Gasteiger partial charge is 0.385 e. The van der Waals surface area contributed by atoms with Gasteiger partial charge in [-0.05, 0) is 122 Å². The predicted molar refractivity (Wildman–Crippen MR) is 212 cm³/mol. The normalized spacial score (nSPS) is 33.5. The summed E-state index contributed by atoms with van der Waals surface area (Å²) in [5.41, 5.74) is 5.14. The van der Waals surface area contributed by atoms with Crippen molar-refractivity contribution in [3.05, 3.63) is 71.1 Å². The summed E-state index contributed by atoms with van der Waals surface area (Å²) < 4.78 is 23.1. The number of aromatic nitrogens is 3. The molecule has 3 heterocycles. The number of rotatable bonds is 11. The molecular weight excluding hydrogens is 692 g/mol. The Morgan fingerprint density at radius 1 is 0.964 bits per heavy atom. The minimum absolute atomic E-state index is 0.00464. The van der Waals surface area contributed by atoms with Gasteiger partial charge in [0.1, 0.15) is 30.3 Å². The molecule has 1 aromatic heterocycles. The number of aryl methyl sites for hydroxylation is 1. The maximum Gasteiger partial charge on any atom is 0.185 e. The number of fused-ring (bicyclic) bond motifs is 5. The number of hydrogen-bond donors (Lipinski definition) is 2. The number of hydrogen-bond acceptors (Lipinski definition) is 8. The predicted octanol–water partition coefficient (Wildman–Crippen LogP) is 8.86. The second kappa shape index (κ2) is 14.5. The van der Waals surface area contributed by atoms with Crippen LogP contribution in [0.4, 0.5) is 15.8 Å². The number of nitrogens with one attached hydrogen (secondary N) is 2. The lowest BCUT2D eigenvalue weighted by Crippen LogP contribution is -2.54. The summed E-state index contributed by atoms with van der Waals surface area (Å²) in [4.78, 5) is 34.3. The molecular formula is C45H57FN6O3. The van der Waals surface area contributed by atoms with Crippen LogP contribution in [0.25, 0.3) is 0 Å². The first-order chi connectivity index (χ1) is 26.6. The Balaban J connectivity index is 0.747. The molecule has 0 radical (unpaired) electrons. The zero-order valence-electron chi connectivity index (χ0n) is 32.8. The highest BCUT2D eigenvalue weighted by Crippen LogP contribution is 2.66. The van der Waals surface area contributed by atoms with E-state index in [1.807, 2.05) is 7.05 Å². The molecule has 1 unspecified atom stereocenters. The Hall–Kier alpha value is -3.92. The molecule has 10 heteroatoms. The molecule has 4 fully saturated rings. The number of ketones is 2. The third kappa shape index (κ3) is 6.44. The molecule has 9 rings (SSSR count). The van der Waals surface area contributed by atoms with Crippen molar-refractivity contribution in [1.29, 1.82) is 0 Å². The third-order valence-corrected chi connectivity index (χ3v) is 15.4. The van der Waals surface area contributed by atoms with Gasteiger partial charge < -0.3 is 15.4 Å². The van der Waals surface area contributed by atoms with Gasteiger partial charge in [-0.15, -0.1) is 0 Å². The van der Waals surface area contributed by atoms with E-state index in [1.54, 1.807) is 4.68 Å². The molecule has 3 aromatic rings. The van der Waals surface area contributed by atoms with Gasteiger partial charge in [-0.3, -0.25) is 19.3 Å². The summed E-state index contributed by atoms with van der Waals surface area (Å²) in [5.74, 6) is 3.35. The van der Waals surface area contributed by atoms with Crippen LogP contribution in [-0.4, -0.2) is 57.8 Å². The van der Waals surface area contributed by atoms with Crippen molar-refractivity contribution < 1.29 is 18.7 Å². The van der Waals surface area contributed by atoms with Crippen LogP contribution in [0.15, 0.2) is 47.7 Å². The SMILES string of the molecule is Cn1ncnc1[C@H]1C2=NCC(=O)c3cc(F)cc(c32)N[C@@H]1c1ccc(NCCCCCCOC2CC[C@H]3[C@@H]4CC[C@H]5CC(=O)CC[C@]5(C)[C@H]4CC[C@]23C)cc1. The van der Waals surface area contributed by atoms with Gasteiger partial charge in [0.25, 0.3) is 0 Å². The number of carbonyl (C=O) groups excluding carboxylic acids is 2. The number of ether oxygens (including phenoxy) is 1. The molecule has 9 atom stereocenters. The molecule has 292 valence electrons. The number of aliphatic imine (C=N–C) groups is 1. The lowest BCUT2D eigenvalue weighted by Gasteiger charge is -2.60. The smallest absolute Gasteiger partial charge is 0.185 e. The Kier molecular flexibility index (Phi) is 9.70. The van der Waals surface area contributed by atoms with E-state index in [1.165, 1.54) is 69.8 Å². The van der Waals surface area contributed by atoms with E-state index in [9.17, 15) is 14.0 Å². The fraction of sp³-hybridized carbons (Fsp3) is 0.622. The molecule has 55 heavy (non-hydrogen) atoms. The highest BCUT2D eigenvalue weighted by Gasteiger charge is 2.60. The summed E-state index contributed by atoms with van der Waals surface area (Å²) in [6, 6.07) is 10.9. The van der Waals surface area contributed by atoms with Crippen molar-refractivity contribution in [1.82, 2.24) is 14.8 Å². The van der Waals surface area contributed by atoms with Crippen LogP contribution < -0.4 is 10.6 Å².